The molecule has 0 radical (unpaired) electrons. The molecule has 1 aliphatic rings. The Balaban J connectivity index is 1.80. The van der Waals surface area contributed by atoms with Gasteiger partial charge < -0.3 is 16.0 Å². The molecule has 0 bridgehead atoms. The molecule has 1 aromatic rings. The zero-order valence-corrected chi connectivity index (χ0v) is 9.85. The molecule has 2 rings (SSSR count). The molecule has 1 saturated heterocycles. The van der Waals surface area contributed by atoms with E-state index in [-0.39, 0.29) is 0 Å². The summed E-state index contributed by atoms with van der Waals surface area (Å²) >= 11 is 0. The first kappa shape index (κ1) is 11.1. The minimum atomic E-state index is 0.344. The molecular weight excluding hydrogens is 202 g/mol. The van der Waals surface area contributed by atoms with Crippen LogP contribution in [0.1, 0.15) is 13.8 Å². The molecule has 0 unspecified atom stereocenters. The van der Waals surface area contributed by atoms with E-state index in [9.17, 15) is 0 Å². The van der Waals surface area contributed by atoms with Crippen LogP contribution in [0.25, 0.3) is 0 Å². The molecule has 2 heterocycles. The second-order valence-corrected chi connectivity index (χ2v) is 4.68. The Morgan fingerprint density at radius 3 is 2.94 bits per heavy atom. The molecule has 5 heteroatoms. The van der Waals surface area contributed by atoms with E-state index in [1.54, 1.807) is 6.20 Å². The predicted molar refractivity (Wildman–Crippen MR) is 65.3 cm³/mol. The fourth-order valence-corrected chi connectivity index (χ4v) is 1.74. The number of hydrogen-bond donors (Lipinski definition) is 2. The molecule has 0 spiro atoms. The SMILES string of the molecule is CC(C)CNC1CN(c2ccnc(N)n2)C1. The van der Waals surface area contributed by atoms with Crippen molar-refractivity contribution in [2.45, 2.75) is 19.9 Å². The van der Waals surface area contributed by atoms with E-state index < -0.39 is 0 Å². The molecule has 0 atom stereocenters. The Bertz CT molecular complexity index is 346. The van der Waals surface area contributed by atoms with Crippen LogP contribution >= 0.6 is 0 Å². The van der Waals surface area contributed by atoms with E-state index in [1.807, 2.05) is 6.07 Å². The lowest BCUT2D eigenvalue weighted by Gasteiger charge is -2.40. The third kappa shape index (κ3) is 2.61. The summed E-state index contributed by atoms with van der Waals surface area (Å²) in [5.74, 6) is 1.97. The van der Waals surface area contributed by atoms with Gasteiger partial charge in [-0.05, 0) is 18.5 Å². The zero-order valence-electron chi connectivity index (χ0n) is 9.85. The summed E-state index contributed by atoms with van der Waals surface area (Å²) in [5, 5.41) is 3.52. The van der Waals surface area contributed by atoms with Gasteiger partial charge in [-0.15, -0.1) is 0 Å². The van der Waals surface area contributed by atoms with Crippen LogP contribution in [0.3, 0.4) is 0 Å². The Labute approximate surface area is 96.1 Å². The van der Waals surface area contributed by atoms with E-state index >= 15 is 0 Å². The number of nitrogen functional groups attached to an aromatic ring is 1. The summed E-state index contributed by atoms with van der Waals surface area (Å²) in [5.41, 5.74) is 5.54. The lowest BCUT2D eigenvalue weighted by Crippen LogP contribution is -2.59. The third-order valence-corrected chi connectivity index (χ3v) is 2.68. The number of hydrogen-bond acceptors (Lipinski definition) is 5. The molecule has 0 aliphatic carbocycles. The molecular formula is C11H19N5. The highest BCUT2D eigenvalue weighted by Gasteiger charge is 2.27. The van der Waals surface area contributed by atoms with Crippen LogP contribution in [0.15, 0.2) is 12.3 Å². The van der Waals surface area contributed by atoms with Crippen molar-refractivity contribution >= 4 is 11.8 Å². The van der Waals surface area contributed by atoms with Gasteiger partial charge in [-0.1, -0.05) is 13.8 Å². The standard InChI is InChI=1S/C11H19N5/c1-8(2)5-14-9-6-16(7-9)10-3-4-13-11(12)15-10/h3-4,8-9,14H,5-7H2,1-2H3,(H2,12,13,15). The maximum atomic E-state index is 5.54. The van der Waals surface area contributed by atoms with Crippen LogP contribution in [-0.4, -0.2) is 35.6 Å². The van der Waals surface area contributed by atoms with Crippen LogP contribution in [0, 0.1) is 5.92 Å². The van der Waals surface area contributed by atoms with Crippen molar-refractivity contribution in [3.05, 3.63) is 12.3 Å². The van der Waals surface area contributed by atoms with Crippen LogP contribution in [-0.2, 0) is 0 Å². The lowest BCUT2D eigenvalue weighted by atomic mass is 10.1. The third-order valence-electron chi connectivity index (χ3n) is 2.68. The monoisotopic (exact) mass is 221 g/mol. The second kappa shape index (κ2) is 4.65. The second-order valence-electron chi connectivity index (χ2n) is 4.68. The number of nitrogens with zero attached hydrogens (tertiary/aromatic N) is 3. The smallest absolute Gasteiger partial charge is 0.221 e. The van der Waals surface area contributed by atoms with Crippen molar-refractivity contribution in [1.29, 1.82) is 0 Å². The number of rotatable bonds is 4. The van der Waals surface area contributed by atoms with Crippen LogP contribution < -0.4 is 16.0 Å². The first-order valence-corrected chi connectivity index (χ1v) is 5.72. The van der Waals surface area contributed by atoms with E-state index in [0.29, 0.717) is 17.9 Å². The highest BCUT2D eigenvalue weighted by molar-refractivity contribution is 5.44. The van der Waals surface area contributed by atoms with E-state index in [4.69, 9.17) is 5.73 Å². The highest BCUT2D eigenvalue weighted by Crippen LogP contribution is 2.18. The fraction of sp³-hybridized carbons (Fsp3) is 0.636. The molecule has 0 saturated carbocycles. The summed E-state index contributed by atoms with van der Waals surface area (Å²) in [6.45, 7) is 7.51. The first-order chi connectivity index (χ1) is 7.65. The van der Waals surface area contributed by atoms with Crippen LogP contribution in [0.5, 0.6) is 0 Å². The molecule has 16 heavy (non-hydrogen) atoms. The Morgan fingerprint density at radius 2 is 2.31 bits per heavy atom. The topological polar surface area (TPSA) is 67.1 Å². The van der Waals surface area contributed by atoms with Gasteiger partial charge in [-0.3, -0.25) is 0 Å². The van der Waals surface area contributed by atoms with Crippen molar-refractivity contribution in [2.75, 3.05) is 30.3 Å². The average molecular weight is 221 g/mol. The number of nitrogens with one attached hydrogen (secondary N) is 1. The van der Waals surface area contributed by atoms with Gasteiger partial charge in [0.25, 0.3) is 0 Å². The molecule has 3 N–H and O–H groups in total. The van der Waals surface area contributed by atoms with Gasteiger partial charge in [0.15, 0.2) is 0 Å². The van der Waals surface area contributed by atoms with E-state index in [0.717, 1.165) is 25.5 Å². The Hall–Kier alpha value is -1.36. The predicted octanol–water partition coefficient (Wildman–Crippen LogP) is 0.493. The highest BCUT2D eigenvalue weighted by atomic mass is 15.3. The van der Waals surface area contributed by atoms with Gasteiger partial charge in [0.2, 0.25) is 5.95 Å². The molecule has 1 aromatic heterocycles. The van der Waals surface area contributed by atoms with Crippen LogP contribution in [0.2, 0.25) is 0 Å². The van der Waals surface area contributed by atoms with Gasteiger partial charge in [0.1, 0.15) is 5.82 Å². The maximum Gasteiger partial charge on any atom is 0.221 e. The average Bonchev–Trinajstić information content (AvgIpc) is 2.14. The fourth-order valence-electron chi connectivity index (χ4n) is 1.74. The molecule has 0 aromatic carbocycles. The van der Waals surface area contributed by atoms with Gasteiger partial charge in [0.05, 0.1) is 0 Å². The molecule has 5 nitrogen and oxygen atoms in total. The largest absolute Gasteiger partial charge is 0.368 e. The summed E-state index contributed by atoms with van der Waals surface area (Å²) in [4.78, 5) is 10.3. The summed E-state index contributed by atoms with van der Waals surface area (Å²) in [7, 11) is 0. The summed E-state index contributed by atoms with van der Waals surface area (Å²) in [6, 6.07) is 2.48. The van der Waals surface area contributed by atoms with Gasteiger partial charge in [0, 0.05) is 25.3 Å². The summed E-state index contributed by atoms with van der Waals surface area (Å²) in [6.07, 6.45) is 1.70. The molecule has 1 fully saturated rings. The Kier molecular flexibility index (Phi) is 3.24. The van der Waals surface area contributed by atoms with Crippen molar-refractivity contribution in [3.8, 4) is 0 Å². The van der Waals surface area contributed by atoms with E-state index in [1.165, 1.54) is 0 Å². The normalized spacial score (nSPS) is 16.6. The van der Waals surface area contributed by atoms with Gasteiger partial charge in [-0.2, -0.15) is 4.98 Å². The zero-order chi connectivity index (χ0) is 11.5. The quantitative estimate of drug-likeness (QED) is 0.774. The first-order valence-electron chi connectivity index (χ1n) is 5.72. The Morgan fingerprint density at radius 1 is 1.56 bits per heavy atom. The van der Waals surface area contributed by atoms with Gasteiger partial charge in [-0.25, -0.2) is 4.98 Å². The van der Waals surface area contributed by atoms with Crippen LogP contribution in [0.4, 0.5) is 11.8 Å². The summed E-state index contributed by atoms with van der Waals surface area (Å²) < 4.78 is 0. The lowest BCUT2D eigenvalue weighted by molar-refractivity contribution is 0.393. The number of anilines is 2. The minimum Gasteiger partial charge on any atom is -0.368 e. The maximum absolute atomic E-state index is 5.54. The molecule has 0 amide bonds. The minimum absolute atomic E-state index is 0.344. The van der Waals surface area contributed by atoms with Crippen molar-refractivity contribution in [3.63, 3.8) is 0 Å². The number of aromatic nitrogens is 2. The molecule has 88 valence electrons. The van der Waals surface area contributed by atoms with Gasteiger partial charge >= 0.3 is 0 Å². The van der Waals surface area contributed by atoms with E-state index in [2.05, 4.69) is 34.0 Å². The van der Waals surface area contributed by atoms with Crippen molar-refractivity contribution in [1.82, 2.24) is 15.3 Å². The number of nitrogens with two attached hydrogens (primary N) is 1. The van der Waals surface area contributed by atoms with Crippen molar-refractivity contribution in [2.24, 2.45) is 5.92 Å². The molecule has 1 aliphatic heterocycles. The van der Waals surface area contributed by atoms with Crippen molar-refractivity contribution < 1.29 is 0 Å².